The van der Waals surface area contributed by atoms with Gasteiger partial charge in [0.05, 0.1) is 23.7 Å². The van der Waals surface area contributed by atoms with Gasteiger partial charge in [0.1, 0.15) is 17.5 Å². The van der Waals surface area contributed by atoms with Crippen LogP contribution in [0, 0.1) is 5.82 Å². The van der Waals surface area contributed by atoms with E-state index in [4.69, 9.17) is 22.1 Å². The smallest absolute Gasteiger partial charge is 0.267 e. The van der Waals surface area contributed by atoms with Crippen LogP contribution in [0.4, 0.5) is 13.2 Å². The van der Waals surface area contributed by atoms with E-state index in [1.807, 2.05) is 6.92 Å². The van der Waals surface area contributed by atoms with E-state index in [1.54, 1.807) is 0 Å². The Bertz CT molecular complexity index is 700. The number of halogens is 4. The molecular formula is C16H17ClF3N3O. The molecule has 2 aromatic rings. The molecule has 0 fully saturated rings. The summed E-state index contributed by atoms with van der Waals surface area (Å²) in [4.78, 5) is 7.57. The van der Waals surface area contributed by atoms with Gasteiger partial charge >= 0.3 is 0 Å². The van der Waals surface area contributed by atoms with Crippen molar-refractivity contribution in [3.63, 3.8) is 0 Å². The van der Waals surface area contributed by atoms with Gasteiger partial charge in [-0.15, -0.1) is 0 Å². The minimum absolute atomic E-state index is 0.00821. The van der Waals surface area contributed by atoms with Crippen LogP contribution >= 0.6 is 11.6 Å². The molecule has 24 heavy (non-hydrogen) atoms. The predicted molar refractivity (Wildman–Crippen MR) is 85.8 cm³/mol. The number of ether oxygens (including phenoxy) is 1. The monoisotopic (exact) mass is 359 g/mol. The van der Waals surface area contributed by atoms with Crippen LogP contribution in [0.3, 0.4) is 0 Å². The Hall–Kier alpha value is -1.86. The Balaban J connectivity index is 2.31. The van der Waals surface area contributed by atoms with Crippen molar-refractivity contribution >= 4 is 11.6 Å². The highest BCUT2D eigenvalue weighted by atomic mass is 35.5. The summed E-state index contributed by atoms with van der Waals surface area (Å²) < 4.78 is 45.8. The van der Waals surface area contributed by atoms with Crippen LogP contribution in [-0.2, 0) is 0 Å². The van der Waals surface area contributed by atoms with E-state index in [9.17, 15) is 13.2 Å². The summed E-state index contributed by atoms with van der Waals surface area (Å²) in [5.41, 5.74) is 5.45. The van der Waals surface area contributed by atoms with Gasteiger partial charge in [-0.2, -0.15) is 0 Å². The molecule has 2 rings (SSSR count). The Morgan fingerprint density at radius 1 is 1.25 bits per heavy atom. The molecule has 2 aromatic heterocycles. The molecule has 4 nitrogen and oxygen atoms in total. The molecule has 0 radical (unpaired) electrons. The second-order valence-electron chi connectivity index (χ2n) is 5.25. The third kappa shape index (κ3) is 4.58. The van der Waals surface area contributed by atoms with Crippen LogP contribution in [0.5, 0.6) is 5.75 Å². The van der Waals surface area contributed by atoms with Crippen LogP contribution in [-0.4, -0.2) is 22.6 Å². The van der Waals surface area contributed by atoms with E-state index < -0.39 is 12.2 Å². The van der Waals surface area contributed by atoms with E-state index in [0.717, 1.165) is 31.3 Å². The Morgan fingerprint density at radius 3 is 2.67 bits per heavy atom. The van der Waals surface area contributed by atoms with E-state index >= 15 is 0 Å². The molecule has 0 saturated carbocycles. The third-order valence-electron chi connectivity index (χ3n) is 3.34. The Morgan fingerprint density at radius 2 is 2.00 bits per heavy atom. The molecule has 0 spiro atoms. The van der Waals surface area contributed by atoms with Crippen LogP contribution in [0.2, 0.25) is 5.15 Å². The van der Waals surface area contributed by atoms with Crippen LogP contribution < -0.4 is 10.5 Å². The minimum atomic E-state index is -2.80. The molecule has 0 aliphatic carbocycles. The van der Waals surface area contributed by atoms with E-state index in [2.05, 4.69) is 9.97 Å². The molecule has 0 saturated heterocycles. The maximum Gasteiger partial charge on any atom is 0.267 e. The van der Waals surface area contributed by atoms with Gasteiger partial charge in [0.2, 0.25) is 0 Å². The maximum atomic E-state index is 13.8. The first-order chi connectivity index (χ1) is 11.4. The van der Waals surface area contributed by atoms with Crippen molar-refractivity contribution in [3.05, 3.63) is 41.1 Å². The summed E-state index contributed by atoms with van der Waals surface area (Å²) in [6.07, 6.45) is 0.838. The zero-order chi connectivity index (χ0) is 17.7. The first kappa shape index (κ1) is 18.5. The largest absolute Gasteiger partial charge is 0.490 e. The Labute approximate surface area is 142 Å². The fourth-order valence-electron chi connectivity index (χ4n) is 2.16. The molecule has 2 heterocycles. The number of hydrogen-bond acceptors (Lipinski definition) is 4. The topological polar surface area (TPSA) is 61.0 Å². The van der Waals surface area contributed by atoms with E-state index in [0.29, 0.717) is 0 Å². The Kier molecular flexibility index (Phi) is 6.39. The number of hydrogen-bond donors (Lipinski definition) is 1. The quantitative estimate of drug-likeness (QED) is 0.745. The van der Waals surface area contributed by atoms with Gasteiger partial charge in [0.25, 0.3) is 6.43 Å². The predicted octanol–water partition coefficient (Wildman–Crippen LogP) is 4.38. The van der Waals surface area contributed by atoms with Crippen molar-refractivity contribution in [3.8, 4) is 17.0 Å². The standard InChI is InChI=1S/C16H17ClF3N3O/c1-2-3-9(21)8-24-14-7-22-13(4-11(14)16(19)20)10-5-15(17)23-6-12(10)18/h4-7,9,16H,2-3,8,21H2,1H3/t9-/m0/s1. The number of alkyl halides is 2. The van der Waals surface area contributed by atoms with E-state index in [1.165, 1.54) is 6.07 Å². The fourth-order valence-corrected chi connectivity index (χ4v) is 2.32. The van der Waals surface area contributed by atoms with Gasteiger partial charge in [-0.25, -0.2) is 18.2 Å². The molecule has 1 atom stereocenters. The summed E-state index contributed by atoms with van der Waals surface area (Å²) in [5, 5.41) is 0.0395. The molecular weight excluding hydrogens is 343 g/mol. The highest BCUT2D eigenvalue weighted by molar-refractivity contribution is 6.29. The zero-order valence-electron chi connectivity index (χ0n) is 13.0. The van der Waals surface area contributed by atoms with Crippen molar-refractivity contribution < 1.29 is 17.9 Å². The number of pyridine rings is 2. The molecule has 0 aliphatic heterocycles. The minimum Gasteiger partial charge on any atom is -0.490 e. The lowest BCUT2D eigenvalue weighted by Crippen LogP contribution is -2.27. The highest BCUT2D eigenvalue weighted by Crippen LogP contribution is 2.33. The number of aromatic nitrogens is 2. The van der Waals surface area contributed by atoms with Crippen LogP contribution in [0.1, 0.15) is 31.8 Å². The van der Waals surface area contributed by atoms with Crippen molar-refractivity contribution in [2.75, 3.05) is 6.61 Å². The molecule has 2 N–H and O–H groups in total. The third-order valence-corrected chi connectivity index (χ3v) is 3.55. The average molecular weight is 360 g/mol. The van der Waals surface area contributed by atoms with Crippen molar-refractivity contribution in [2.45, 2.75) is 32.2 Å². The second kappa shape index (κ2) is 8.30. The molecule has 0 bridgehead atoms. The first-order valence-electron chi connectivity index (χ1n) is 7.40. The summed E-state index contributed by atoms with van der Waals surface area (Å²) >= 11 is 5.72. The summed E-state index contributed by atoms with van der Waals surface area (Å²) in [6.45, 7) is 2.07. The maximum absolute atomic E-state index is 13.8. The second-order valence-corrected chi connectivity index (χ2v) is 5.64. The first-order valence-corrected chi connectivity index (χ1v) is 7.78. The van der Waals surface area contributed by atoms with Gasteiger partial charge in [-0.1, -0.05) is 24.9 Å². The van der Waals surface area contributed by atoms with Crippen LogP contribution in [0.15, 0.2) is 24.5 Å². The van der Waals surface area contributed by atoms with Gasteiger partial charge in [0, 0.05) is 11.6 Å². The van der Waals surface area contributed by atoms with Crippen molar-refractivity contribution in [2.24, 2.45) is 5.73 Å². The highest BCUT2D eigenvalue weighted by Gasteiger charge is 2.19. The van der Waals surface area contributed by atoms with Crippen molar-refractivity contribution in [1.82, 2.24) is 9.97 Å². The number of rotatable bonds is 7. The zero-order valence-corrected chi connectivity index (χ0v) is 13.7. The van der Waals surface area contributed by atoms with E-state index in [-0.39, 0.29) is 40.4 Å². The van der Waals surface area contributed by atoms with Crippen LogP contribution in [0.25, 0.3) is 11.3 Å². The fraction of sp³-hybridized carbons (Fsp3) is 0.375. The van der Waals surface area contributed by atoms with Crippen molar-refractivity contribution in [1.29, 1.82) is 0 Å². The molecule has 8 heteroatoms. The SMILES string of the molecule is CCC[C@H](N)COc1cnc(-c2cc(Cl)ncc2F)cc1C(F)F. The van der Waals surface area contributed by atoms with Gasteiger partial charge in [0.15, 0.2) is 5.82 Å². The molecule has 0 unspecified atom stereocenters. The number of nitrogens with zero attached hydrogens (tertiary/aromatic N) is 2. The average Bonchev–Trinajstić information content (AvgIpc) is 2.55. The molecule has 0 aliphatic rings. The lowest BCUT2D eigenvalue weighted by Gasteiger charge is -2.15. The van der Waals surface area contributed by atoms with Gasteiger partial charge in [-0.3, -0.25) is 4.98 Å². The van der Waals surface area contributed by atoms with Gasteiger partial charge < -0.3 is 10.5 Å². The normalized spacial score (nSPS) is 12.5. The number of nitrogens with two attached hydrogens (primary N) is 1. The summed E-state index contributed by atoms with van der Waals surface area (Å²) in [6, 6.07) is 2.06. The molecule has 0 amide bonds. The lowest BCUT2D eigenvalue weighted by molar-refractivity contribution is 0.144. The van der Waals surface area contributed by atoms with Gasteiger partial charge in [-0.05, 0) is 18.6 Å². The summed E-state index contributed by atoms with van der Waals surface area (Å²) in [5.74, 6) is -0.772. The molecule has 130 valence electrons. The summed E-state index contributed by atoms with van der Waals surface area (Å²) in [7, 11) is 0. The lowest BCUT2D eigenvalue weighted by atomic mass is 10.1. The molecule has 0 aromatic carbocycles.